The van der Waals surface area contributed by atoms with Gasteiger partial charge < -0.3 is 14.2 Å². The molecule has 0 amide bonds. The molecule has 0 unspecified atom stereocenters. The van der Waals surface area contributed by atoms with Gasteiger partial charge in [0.15, 0.2) is 6.61 Å². The van der Waals surface area contributed by atoms with Crippen LogP contribution in [0.1, 0.15) is 27.4 Å². The maximum absolute atomic E-state index is 11.8. The van der Waals surface area contributed by atoms with E-state index in [9.17, 15) is 9.59 Å². The molecule has 0 N–H and O–H groups in total. The summed E-state index contributed by atoms with van der Waals surface area (Å²) in [6.07, 6.45) is 0.740. The van der Waals surface area contributed by atoms with E-state index in [0.29, 0.717) is 23.7 Å². The highest BCUT2D eigenvalue weighted by Gasteiger charge is 2.11. The summed E-state index contributed by atoms with van der Waals surface area (Å²) in [5, 5.41) is 0. The van der Waals surface area contributed by atoms with Gasteiger partial charge in [-0.1, -0.05) is 0 Å². The van der Waals surface area contributed by atoms with Crippen LogP contribution in [0.4, 0.5) is 0 Å². The largest absolute Gasteiger partial charge is 0.497 e. The lowest BCUT2D eigenvalue weighted by molar-refractivity contribution is -0.142. The third-order valence-electron chi connectivity index (χ3n) is 3.23. The van der Waals surface area contributed by atoms with Crippen LogP contribution in [0, 0.1) is 6.92 Å². The van der Waals surface area contributed by atoms with Crippen molar-refractivity contribution in [2.45, 2.75) is 19.8 Å². The molecule has 128 valence electrons. The monoisotopic (exact) mass is 348 g/mol. The van der Waals surface area contributed by atoms with Crippen LogP contribution in [0.25, 0.3) is 0 Å². The molecule has 0 radical (unpaired) electrons. The van der Waals surface area contributed by atoms with E-state index in [1.807, 2.05) is 25.1 Å². The average molecular weight is 348 g/mol. The fourth-order valence-electron chi connectivity index (χ4n) is 1.95. The molecule has 2 aromatic rings. The SMILES string of the molecule is COc1ccc(OCCCC(=O)OCC(=O)c2ccc(C)s2)cc1. The molecule has 1 heterocycles. The highest BCUT2D eigenvalue weighted by atomic mass is 32.1. The van der Waals surface area contributed by atoms with Crippen LogP contribution in [-0.4, -0.2) is 32.1 Å². The molecule has 0 aliphatic rings. The zero-order chi connectivity index (χ0) is 17.4. The standard InChI is InChI=1S/C18H20O5S/c1-13-5-10-17(24-13)16(19)12-23-18(20)4-3-11-22-15-8-6-14(21-2)7-9-15/h5-10H,3-4,11-12H2,1-2H3. The Morgan fingerprint density at radius 1 is 1.04 bits per heavy atom. The number of thiophene rings is 1. The maximum atomic E-state index is 11.8. The molecule has 2 rings (SSSR count). The van der Waals surface area contributed by atoms with E-state index in [1.54, 1.807) is 25.3 Å². The van der Waals surface area contributed by atoms with Gasteiger partial charge in [0.2, 0.25) is 5.78 Å². The van der Waals surface area contributed by atoms with Crippen molar-refractivity contribution < 1.29 is 23.8 Å². The summed E-state index contributed by atoms with van der Waals surface area (Å²) in [5.74, 6) is 0.912. The van der Waals surface area contributed by atoms with E-state index in [1.165, 1.54) is 11.3 Å². The van der Waals surface area contributed by atoms with Crippen LogP contribution in [0.2, 0.25) is 0 Å². The number of benzene rings is 1. The molecule has 1 aromatic carbocycles. The van der Waals surface area contributed by atoms with E-state index in [4.69, 9.17) is 14.2 Å². The summed E-state index contributed by atoms with van der Waals surface area (Å²) in [5.41, 5.74) is 0. The van der Waals surface area contributed by atoms with Crippen molar-refractivity contribution in [3.05, 3.63) is 46.2 Å². The van der Waals surface area contributed by atoms with Gasteiger partial charge in [-0.3, -0.25) is 9.59 Å². The molecule has 0 aliphatic carbocycles. The number of methoxy groups -OCH3 is 1. The lowest BCUT2D eigenvalue weighted by atomic mass is 10.3. The Bertz CT molecular complexity index is 675. The highest BCUT2D eigenvalue weighted by molar-refractivity contribution is 7.14. The first kappa shape index (κ1) is 18.0. The van der Waals surface area contributed by atoms with Crippen molar-refractivity contribution >= 4 is 23.1 Å². The molecule has 0 bridgehead atoms. The molecule has 0 saturated heterocycles. The minimum atomic E-state index is -0.394. The molecule has 0 aliphatic heterocycles. The van der Waals surface area contributed by atoms with Crippen molar-refractivity contribution in [1.82, 2.24) is 0 Å². The van der Waals surface area contributed by atoms with Crippen LogP contribution in [0.3, 0.4) is 0 Å². The van der Waals surface area contributed by atoms with Gasteiger partial charge in [0, 0.05) is 11.3 Å². The van der Waals surface area contributed by atoms with Crippen molar-refractivity contribution in [1.29, 1.82) is 0 Å². The Balaban J connectivity index is 1.61. The highest BCUT2D eigenvalue weighted by Crippen LogP contribution is 2.17. The third kappa shape index (κ3) is 5.70. The Morgan fingerprint density at radius 3 is 2.38 bits per heavy atom. The van der Waals surface area contributed by atoms with E-state index in [-0.39, 0.29) is 18.8 Å². The van der Waals surface area contributed by atoms with Gasteiger partial charge in [-0.05, 0) is 49.7 Å². The van der Waals surface area contributed by atoms with Crippen LogP contribution < -0.4 is 9.47 Å². The Morgan fingerprint density at radius 2 is 1.75 bits per heavy atom. The van der Waals surface area contributed by atoms with Crippen LogP contribution in [0.15, 0.2) is 36.4 Å². The number of carbonyl (C=O) groups excluding carboxylic acids is 2. The summed E-state index contributed by atoms with van der Waals surface area (Å²) in [4.78, 5) is 25.1. The third-order valence-corrected chi connectivity index (χ3v) is 4.27. The molecule has 0 atom stereocenters. The number of esters is 1. The van der Waals surface area contributed by atoms with E-state index < -0.39 is 5.97 Å². The molecule has 24 heavy (non-hydrogen) atoms. The molecule has 5 nitrogen and oxygen atoms in total. The lowest BCUT2D eigenvalue weighted by Crippen LogP contribution is -2.13. The Kier molecular flexibility index (Phi) is 6.81. The van der Waals surface area contributed by atoms with Gasteiger partial charge in [0.25, 0.3) is 0 Å². The van der Waals surface area contributed by atoms with Gasteiger partial charge in [-0.15, -0.1) is 11.3 Å². The van der Waals surface area contributed by atoms with Crippen molar-refractivity contribution in [2.24, 2.45) is 0 Å². The predicted molar refractivity (Wildman–Crippen MR) is 92.1 cm³/mol. The zero-order valence-corrected chi connectivity index (χ0v) is 14.6. The molecule has 0 fully saturated rings. The summed E-state index contributed by atoms with van der Waals surface area (Å²) in [7, 11) is 1.60. The van der Waals surface area contributed by atoms with Gasteiger partial charge in [-0.2, -0.15) is 0 Å². The first-order valence-corrected chi connectivity index (χ1v) is 8.42. The minimum absolute atomic E-state index is 0.170. The second-order valence-electron chi connectivity index (χ2n) is 5.12. The average Bonchev–Trinajstić information content (AvgIpc) is 3.03. The zero-order valence-electron chi connectivity index (χ0n) is 13.7. The van der Waals surface area contributed by atoms with Crippen molar-refractivity contribution in [3.63, 3.8) is 0 Å². The summed E-state index contributed by atoms with van der Waals surface area (Å²) < 4.78 is 15.6. The second kappa shape index (κ2) is 9.08. The molecular formula is C18H20O5S. The Hall–Kier alpha value is -2.34. The van der Waals surface area contributed by atoms with Crippen molar-refractivity contribution in [2.75, 3.05) is 20.3 Å². The number of hydrogen-bond donors (Lipinski definition) is 0. The summed E-state index contributed by atoms with van der Waals surface area (Å²) in [6.45, 7) is 2.12. The number of rotatable bonds is 9. The van der Waals surface area contributed by atoms with Crippen LogP contribution in [-0.2, 0) is 9.53 Å². The maximum Gasteiger partial charge on any atom is 0.306 e. The normalized spacial score (nSPS) is 10.2. The number of aryl methyl sites for hydroxylation is 1. The van der Waals surface area contributed by atoms with E-state index in [2.05, 4.69) is 0 Å². The van der Waals surface area contributed by atoms with E-state index in [0.717, 1.165) is 10.6 Å². The van der Waals surface area contributed by atoms with Gasteiger partial charge in [0.1, 0.15) is 11.5 Å². The lowest BCUT2D eigenvalue weighted by Gasteiger charge is -2.07. The second-order valence-corrected chi connectivity index (χ2v) is 6.41. The minimum Gasteiger partial charge on any atom is -0.497 e. The molecule has 1 aromatic heterocycles. The summed E-state index contributed by atoms with van der Waals surface area (Å²) >= 11 is 1.40. The fourth-order valence-corrected chi connectivity index (χ4v) is 2.74. The van der Waals surface area contributed by atoms with Gasteiger partial charge in [-0.25, -0.2) is 0 Å². The number of Topliss-reactive ketones (excluding diaryl/α,β-unsaturated/α-hetero) is 1. The predicted octanol–water partition coefficient (Wildman–Crippen LogP) is 3.65. The number of carbonyl (C=O) groups is 2. The van der Waals surface area contributed by atoms with E-state index >= 15 is 0 Å². The number of ketones is 1. The smallest absolute Gasteiger partial charge is 0.306 e. The van der Waals surface area contributed by atoms with Crippen LogP contribution >= 0.6 is 11.3 Å². The summed E-state index contributed by atoms with van der Waals surface area (Å²) in [6, 6.07) is 10.8. The Labute approximate surface area is 145 Å². The first-order chi connectivity index (χ1) is 11.6. The molecule has 6 heteroatoms. The van der Waals surface area contributed by atoms with Crippen LogP contribution in [0.5, 0.6) is 11.5 Å². The fraction of sp³-hybridized carbons (Fsp3) is 0.333. The quantitative estimate of drug-likeness (QED) is 0.393. The number of hydrogen-bond acceptors (Lipinski definition) is 6. The molecule has 0 spiro atoms. The topological polar surface area (TPSA) is 61.8 Å². The molecule has 0 saturated carbocycles. The number of ether oxygens (including phenoxy) is 3. The van der Waals surface area contributed by atoms with Gasteiger partial charge >= 0.3 is 5.97 Å². The first-order valence-electron chi connectivity index (χ1n) is 7.60. The van der Waals surface area contributed by atoms with Gasteiger partial charge in [0.05, 0.1) is 18.6 Å². The van der Waals surface area contributed by atoms with Crippen molar-refractivity contribution in [3.8, 4) is 11.5 Å². The molecular weight excluding hydrogens is 328 g/mol.